The quantitative estimate of drug-likeness (QED) is 0.730. The van der Waals surface area contributed by atoms with E-state index < -0.39 is 5.97 Å². The van der Waals surface area contributed by atoms with E-state index in [4.69, 9.17) is 16.7 Å². The second-order valence-electron chi connectivity index (χ2n) is 2.37. The molecule has 0 unspecified atom stereocenters. The first-order valence-corrected chi connectivity index (χ1v) is 3.91. The zero-order valence-electron chi connectivity index (χ0n) is 6.95. The van der Waals surface area contributed by atoms with E-state index in [0.717, 1.165) is 0 Å². The van der Waals surface area contributed by atoms with Crippen LogP contribution in [0.3, 0.4) is 0 Å². The Morgan fingerprint density at radius 2 is 2.46 bits per heavy atom. The number of methoxy groups -OCH3 is 1. The van der Waals surface area contributed by atoms with Gasteiger partial charge in [-0.25, -0.2) is 0 Å². The lowest BCUT2D eigenvalue weighted by molar-refractivity contribution is -0.139. The summed E-state index contributed by atoms with van der Waals surface area (Å²) in [5, 5.41) is 9.22. The van der Waals surface area contributed by atoms with E-state index in [9.17, 15) is 4.79 Å². The van der Waals surface area contributed by atoms with Crippen molar-refractivity contribution in [2.75, 3.05) is 7.11 Å². The van der Waals surface area contributed by atoms with Crippen LogP contribution in [-0.2, 0) is 16.0 Å². The molecule has 0 atom stereocenters. The number of esters is 1. The first-order chi connectivity index (χ1) is 6.13. The van der Waals surface area contributed by atoms with E-state index in [-0.39, 0.29) is 17.2 Å². The minimum atomic E-state index is -0.417. The molecule has 1 heterocycles. The first kappa shape index (κ1) is 9.80. The van der Waals surface area contributed by atoms with Crippen molar-refractivity contribution in [2.45, 2.75) is 6.42 Å². The Balaban J connectivity index is 2.83. The number of pyridine rings is 1. The Morgan fingerprint density at radius 3 is 3.00 bits per heavy atom. The summed E-state index contributed by atoms with van der Waals surface area (Å²) in [6.07, 6.45) is 1.24. The van der Waals surface area contributed by atoms with Gasteiger partial charge in [0.05, 0.1) is 30.4 Å². The van der Waals surface area contributed by atoms with Gasteiger partial charge in [0.1, 0.15) is 5.75 Å². The maximum atomic E-state index is 10.8. The molecule has 0 radical (unpaired) electrons. The molecular formula is C8H8ClNO3. The normalized spacial score (nSPS) is 9.69. The van der Waals surface area contributed by atoms with Crippen molar-refractivity contribution in [1.29, 1.82) is 0 Å². The molecular weight excluding hydrogens is 194 g/mol. The Hall–Kier alpha value is -1.29. The fourth-order valence-corrected chi connectivity index (χ4v) is 1.02. The molecule has 4 nitrogen and oxygen atoms in total. The van der Waals surface area contributed by atoms with Crippen LogP contribution in [0.4, 0.5) is 0 Å². The van der Waals surface area contributed by atoms with Crippen molar-refractivity contribution in [3.05, 3.63) is 23.0 Å². The summed E-state index contributed by atoms with van der Waals surface area (Å²) in [6.45, 7) is 0. The molecule has 1 N–H and O–H groups in total. The monoisotopic (exact) mass is 201 g/mol. The van der Waals surface area contributed by atoms with E-state index in [1.54, 1.807) is 0 Å². The van der Waals surface area contributed by atoms with E-state index in [0.29, 0.717) is 5.69 Å². The average molecular weight is 202 g/mol. The Bertz CT molecular complexity index is 327. The number of carbonyl (C=O) groups is 1. The molecule has 0 aliphatic rings. The predicted molar refractivity (Wildman–Crippen MR) is 46.6 cm³/mol. The zero-order valence-corrected chi connectivity index (χ0v) is 7.71. The molecule has 0 bridgehead atoms. The molecule has 5 heteroatoms. The topological polar surface area (TPSA) is 59.4 Å². The van der Waals surface area contributed by atoms with Gasteiger partial charge in [0.2, 0.25) is 0 Å². The summed E-state index contributed by atoms with van der Waals surface area (Å²) in [4.78, 5) is 14.6. The first-order valence-electron chi connectivity index (χ1n) is 3.53. The summed E-state index contributed by atoms with van der Waals surface area (Å²) < 4.78 is 4.44. The van der Waals surface area contributed by atoms with Gasteiger partial charge >= 0.3 is 5.97 Å². The average Bonchev–Trinajstić information content (AvgIpc) is 2.09. The van der Waals surface area contributed by atoms with E-state index >= 15 is 0 Å². The van der Waals surface area contributed by atoms with Crippen molar-refractivity contribution in [3.8, 4) is 5.75 Å². The molecule has 0 aromatic carbocycles. The lowest BCUT2D eigenvalue weighted by atomic mass is 10.2. The third-order valence-electron chi connectivity index (χ3n) is 1.44. The SMILES string of the molecule is COC(=O)Cc1ncc(O)cc1Cl. The summed E-state index contributed by atoms with van der Waals surface area (Å²) >= 11 is 5.70. The van der Waals surface area contributed by atoms with E-state index in [2.05, 4.69) is 9.72 Å². The number of aromatic nitrogens is 1. The van der Waals surface area contributed by atoms with Crippen molar-refractivity contribution < 1.29 is 14.6 Å². The molecule has 0 fully saturated rings. The molecule has 0 aliphatic carbocycles. The van der Waals surface area contributed by atoms with Crippen LogP contribution in [0.15, 0.2) is 12.3 Å². The highest BCUT2D eigenvalue weighted by Crippen LogP contribution is 2.19. The number of nitrogens with zero attached hydrogens (tertiary/aromatic N) is 1. The number of aromatic hydroxyl groups is 1. The maximum Gasteiger partial charge on any atom is 0.311 e. The fraction of sp³-hybridized carbons (Fsp3) is 0.250. The number of hydrogen-bond donors (Lipinski definition) is 1. The minimum absolute atomic E-state index is 0.00954. The smallest absolute Gasteiger partial charge is 0.311 e. The highest BCUT2D eigenvalue weighted by molar-refractivity contribution is 6.31. The number of carbonyl (C=O) groups excluding carboxylic acids is 1. The third-order valence-corrected chi connectivity index (χ3v) is 1.77. The largest absolute Gasteiger partial charge is 0.506 e. The molecule has 1 aromatic heterocycles. The fourth-order valence-electron chi connectivity index (χ4n) is 0.795. The van der Waals surface area contributed by atoms with E-state index in [1.807, 2.05) is 0 Å². The van der Waals surface area contributed by atoms with Gasteiger partial charge in [0.25, 0.3) is 0 Å². The van der Waals surface area contributed by atoms with Gasteiger partial charge in [-0.1, -0.05) is 11.6 Å². The summed E-state index contributed by atoms with van der Waals surface area (Å²) in [5.41, 5.74) is 0.395. The standard InChI is InChI=1S/C8H8ClNO3/c1-13-8(12)3-7-6(9)2-5(11)4-10-7/h2,4,11H,3H2,1H3. The third kappa shape index (κ3) is 2.59. The second-order valence-corrected chi connectivity index (χ2v) is 2.78. The predicted octanol–water partition coefficient (Wildman–Crippen LogP) is 1.16. The molecule has 0 spiro atoms. The van der Waals surface area contributed by atoms with Crippen molar-refractivity contribution >= 4 is 17.6 Å². The number of hydrogen-bond acceptors (Lipinski definition) is 4. The van der Waals surface area contributed by atoms with Crippen LogP contribution in [0, 0.1) is 0 Å². The molecule has 0 saturated carbocycles. The lowest BCUT2D eigenvalue weighted by Crippen LogP contribution is -2.06. The molecule has 0 saturated heterocycles. The van der Waals surface area contributed by atoms with Gasteiger partial charge in [0, 0.05) is 6.07 Å². The number of rotatable bonds is 2. The molecule has 13 heavy (non-hydrogen) atoms. The van der Waals surface area contributed by atoms with Crippen LogP contribution in [0.1, 0.15) is 5.69 Å². The highest BCUT2D eigenvalue weighted by atomic mass is 35.5. The van der Waals surface area contributed by atoms with Gasteiger partial charge < -0.3 is 9.84 Å². The highest BCUT2D eigenvalue weighted by Gasteiger charge is 2.08. The molecule has 0 amide bonds. The van der Waals surface area contributed by atoms with Gasteiger partial charge in [-0.3, -0.25) is 9.78 Å². The summed E-state index contributed by atoms with van der Waals surface area (Å²) in [6, 6.07) is 1.33. The van der Waals surface area contributed by atoms with Crippen LogP contribution in [-0.4, -0.2) is 23.2 Å². The van der Waals surface area contributed by atoms with Gasteiger partial charge in [0.15, 0.2) is 0 Å². The van der Waals surface area contributed by atoms with Crippen LogP contribution in [0.25, 0.3) is 0 Å². The van der Waals surface area contributed by atoms with Crippen LogP contribution < -0.4 is 0 Å². The van der Waals surface area contributed by atoms with Crippen molar-refractivity contribution in [2.24, 2.45) is 0 Å². The molecule has 1 rings (SSSR count). The summed E-state index contributed by atoms with van der Waals surface area (Å²) in [5.74, 6) is -0.446. The zero-order chi connectivity index (χ0) is 9.84. The van der Waals surface area contributed by atoms with Gasteiger partial charge in [-0.2, -0.15) is 0 Å². The van der Waals surface area contributed by atoms with Crippen molar-refractivity contribution in [1.82, 2.24) is 4.98 Å². The molecule has 1 aromatic rings. The lowest BCUT2D eigenvalue weighted by Gasteiger charge is -2.01. The Labute approximate surface area is 80.1 Å². The second kappa shape index (κ2) is 4.09. The van der Waals surface area contributed by atoms with Crippen molar-refractivity contribution in [3.63, 3.8) is 0 Å². The molecule has 70 valence electrons. The molecule has 0 aliphatic heterocycles. The van der Waals surface area contributed by atoms with Gasteiger partial charge in [-0.15, -0.1) is 0 Å². The van der Waals surface area contributed by atoms with E-state index in [1.165, 1.54) is 19.4 Å². The summed E-state index contributed by atoms with van der Waals surface area (Å²) in [7, 11) is 1.29. The van der Waals surface area contributed by atoms with Crippen LogP contribution >= 0.6 is 11.6 Å². The van der Waals surface area contributed by atoms with Gasteiger partial charge in [-0.05, 0) is 0 Å². The maximum absolute atomic E-state index is 10.8. The Kier molecular flexibility index (Phi) is 3.08. The number of halogens is 1. The van der Waals surface area contributed by atoms with Crippen LogP contribution in [0.5, 0.6) is 5.75 Å². The number of ether oxygens (including phenoxy) is 1. The Morgan fingerprint density at radius 1 is 1.77 bits per heavy atom. The van der Waals surface area contributed by atoms with Crippen LogP contribution in [0.2, 0.25) is 5.02 Å². The minimum Gasteiger partial charge on any atom is -0.506 e.